The number of benzene rings is 2. The van der Waals surface area contributed by atoms with Crippen LogP contribution in [0.5, 0.6) is 0 Å². The first-order valence-electron chi connectivity index (χ1n) is 10.8. The van der Waals surface area contributed by atoms with Crippen molar-refractivity contribution in [3.8, 4) is 11.1 Å². The van der Waals surface area contributed by atoms with E-state index in [1.54, 1.807) is 0 Å². The number of piperazine rings is 1. The summed E-state index contributed by atoms with van der Waals surface area (Å²) in [7, 11) is 0. The van der Waals surface area contributed by atoms with Gasteiger partial charge in [0.05, 0.1) is 11.7 Å². The highest BCUT2D eigenvalue weighted by atomic mass is 15.3. The fourth-order valence-electron chi connectivity index (χ4n) is 5.33. The number of fused-ring (bicyclic) bond motifs is 4. The number of rotatable bonds is 3. The van der Waals surface area contributed by atoms with Crippen LogP contribution in [-0.4, -0.2) is 52.7 Å². The molecule has 3 heterocycles. The van der Waals surface area contributed by atoms with Crippen LogP contribution in [0.15, 0.2) is 48.5 Å². The fraction of sp³-hybridized carbons (Fsp3) is 0.375. The van der Waals surface area contributed by atoms with Crippen molar-refractivity contribution in [1.82, 2.24) is 25.3 Å². The second-order valence-corrected chi connectivity index (χ2v) is 8.44. The molecule has 1 aromatic heterocycles. The average Bonchev–Trinajstić information content (AvgIpc) is 3.34. The van der Waals surface area contributed by atoms with Gasteiger partial charge in [0.15, 0.2) is 0 Å². The van der Waals surface area contributed by atoms with Crippen LogP contribution in [0, 0.1) is 0 Å². The standard InChI is InChI=1S/C24H27N5/c1-3-7-19-17(5-1)18-6-2-4-8-20(18)24(19)29-13-11-28(12-14-29)16-23-21-15-25-10-9-22(21)26-27-23/h1-8,24-25H,9-16H2,(H,26,27). The van der Waals surface area contributed by atoms with Crippen molar-refractivity contribution < 1.29 is 0 Å². The molecule has 1 fully saturated rings. The summed E-state index contributed by atoms with van der Waals surface area (Å²) in [6.45, 7) is 7.34. The van der Waals surface area contributed by atoms with E-state index in [1.807, 2.05) is 0 Å². The molecule has 0 saturated carbocycles. The molecule has 6 rings (SSSR count). The predicted molar refractivity (Wildman–Crippen MR) is 115 cm³/mol. The minimum Gasteiger partial charge on any atom is -0.312 e. The third-order valence-electron chi connectivity index (χ3n) is 6.84. The molecular formula is C24H27N5. The van der Waals surface area contributed by atoms with Crippen molar-refractivity contribution in [3.63, 3.8) is 0 Å². The smallest absolute Gasteiger partial charge is 0.0810 e. The number of aromatic nitrogens is 2. The van der Waals surface area contributed by atoms with Crippen molar-refractivity contribution in [3.05, 3.63) is 76.6 Å². The molecule has 3 aliphatic rings. The second-order valence-electron chi connectivity index (χ2n) is 8.44. The first kappa shape index (κ1) is 17.4. The van der Waals surface area contributed by atoms with Gasteiger partial charge in [0.25, 0.3) is 0 Å². The Morgan fingerprint density at radius 3 is 2.31 bits per heavy atom. The van der Waals surface area contributed by atoms with E-state index < -0.39 is 0 Å². The molecule has 2 aliphatic heterocycles. The number of nitrogens with zero attached hydrogens (tertiary/aromatic N) is 3. The lowest BCUT2D eigenvalue weighted by Crippen LogP contribution is -2.47. The Labute approximate surface area is 171 Å². The van der Waals surface area contributed by atoms with E-state index in [2.05, 4.69) is 73.8 Å². The summed E-state index contributed by atoms with van der Waals surface area (Å²) in [6, 6.07) is 18.3. The largest absolute Gasteiger partial charge is 0.312 e. The van der Waals surface area contributed by atoms with Gasteiger partial charge in [-0.1, -0.05) is 48.5 Å². The maximum absolute atomic E-state index is 4.63. The van der Waals surface area contributed by atoms with Gasteiger partial charge in [-0.3, -0.25) is 14.9 Å². The van der Waals surface area contributed by atoms with Crippen LogP contribution in [0.4, 0.5) is 0 Å². The number of H-pyrrole nitrogens is 1. The zero-order valence-corrected chi connectivity index (χ0v) is 16.7. The zero-order chi connectivity index (χ0) is 19.2. The molecule has 0 unspecified atom stereocenters. The topological polar surface area (TPSA) is 47.2 Å². The third-order valence-corrected chi connectivity index (χ3v) is 6.84. The maximum Gasteiger partial charge on any atom is 0.0810 e. The quantitative estimate of drug-likeness (QED) is 0.728. The van der Waals surface area contributed by atoms with Crippen LogP contribution in [0.3, 0.4) is 0 Å². The Morgan fingerprint density at radius 1 is 0.897 bits per heavy atom. The summed E-state index contributed by atoms with van der Waals surface area (Å²) in [5.74, 6) is 0. The molecule has 148 valence electrons. The fourth-order valence-corrected chi connectivity index (χ4v) is 5.33. The number of aromatic amines is 1. The molecule has 2 aromatic carbocycles. The maximum atomic E-state index is 4.63. The van der Waals surface area contributed by atoms with Gasteiger partial charge in [0.1, 0.15) is 0 Å². The van der Waals surface area contributed by atoms with Crippen LogP contribution in [0.25, 0.3) is 11.1 Å². The van der Waals surface area contributed by atoms with Gasteiger partial charge in [-0.25, -0.2) is 0 Å². The van der Waals surface area contributed by atoms with E-state index in [1.165, 1.54) is 39.2 Å². The lowest BCUT2D eigenvalue weighted by atomic mass is 10.0. The molecule has 29 heavy (non-hydrogen) atoms. The lowest BCUT2D eigenvalue weighted by Gasteiger charge is -2.38. The third kappa shape index (κ3) is 2.92. The van der Waals surface area contributed by atoms with Gasteiger partial charge >= 0.3 is 0 Å². The van der Waals surface area contributed by atoms with Crippen molar-refractivity contribution in [1.29, 1.82) is 0 Å². The van der Waals surface area contributed by atoms with Crippen LogP contribution >= 0.6 is 0 Å². The lowest BCUT2D eigenvalue weighted by molar-refractivity contribution is 0.105. The monoisotopic (exact) mass is 385 g/mol. The summed E-state index contributed by atoms with van der Waals surface area (Å²) in [5, 5.41) is 11.4. The number of hydrogen-bond donors (Lipinski definition) is 2. The van der Waals surface area contributed by atoms with Gasteiger partial charge in [-0.05, 0) is 22.3 Å². The Kier molecular flexibility index (Phi) is 4.26. The van der Waals surface area contributed by atoms with Crippen LogP contribution < -0.4 is 5.32 Å². The van der Waals surface area contributed by atoms with Crippen molar-refractivity contribution >= 4 is 0 Å². The molecule has 1 saturated heterocycles. The molecule has 0 bridgehead atoms. The summed E-state index contributed by atoms with van der Waals surface area (Å²) < 4.78 is 0. The molecule has 0 atom stereocenters. The van der Waals surface area contributed by atoms with Gasteiger partial charge in [0, 0.05) is 63.5 Å². The van der Waals surface area contributed by atoms with Crippen LogP contribution in [0.1, 0.15) is 34.1 Å². The molecule has 0 spiro atoms. The molecule has 5 heteroatoms. The Bertz CT molecular complexity index is 986. The molecule has 0 amide bonds. The molecule has 2 N–H and O–H groups in total. The normalized spacial score (nSPS) is 19.7. The minimum absolute atomic E-state index is 0.395. The molecule has 5 nitrogen and oxygen atoms in total. The molecular weight excluding hydrogens is 358 g/mol. The van der Waals surface area contributed by atoms with Crippen molar-refractivity contribution in [2.24, 2.45) is 0 Å². The minimum atomic E-state index is 0.395. The highest BCUT2D eigenvalue weighted by Gasteiger charge is 2.34. The zero-order valence-electron chi connectivity index (χ0n) is 16.7. The average molecular weight is 386 g/mol. The SMILES string of the molecule is c1ccc2c(c1)-c1ccccc1C2N1CCN(Cc2n[nH]c3c2CNCC3)CC1. The van der Waals surface area contributed by atoms with E-state index in [4.69, 9.17) is 0 Å². The van der Waals surface area contributed by atoms with Gasteiger partial charge in [-0.15, -0.1) is 0 Å². The first-order chi connectivity index (χ1) is 14.4. The van der Waals surface area contributed by atoms with E-state index in [9.17, 15) is 0 Å². The van der Waals surface area contributed by atoms with E-state index in [0.717, 1.165) is 52.2 Å². The number of hydrogen-bond acceptors (Lipinski definition) is 4. The predicted octanol–water partition coefficient (Wildman–Crippen LogP) is 2.94. The molecule has 0 radical (unpaired) electrons. The molecule has 1 aliphatic carbocycles. The van der Waals surface area contributed by atoms with Gasteiger partial charge in [-0.2, -0.15) is 5.10 Å². The highest BCUT2D eigenvalue weighted by molar-refractivity contribution is 5.78. The summed E-state index contributed by atoms with van der Waals surface area (Å²) in [4.78, 5) is 5.23. The molecule has 3 aromatic rings. The summed E-state index contributed by atoms with van der Waals surface area (Å²) in [5.41, 5.74) is 9.72. The van der Waals surface area contributed by atoms with E-state index in [0.29, 0.717) is 6.04 Å². The van der Waals surface area contributed by atoms with Gasteiger partial charge in [0.2, 0.25) is 0 Å². The van der Waals surface area contributed by atoms with Crippen LogP contribution in [-0.2, 0) is 19.5 Å². The van der Waals surface area contributed by atoms with E-state index >= 15 is 0 Å². The Hall–Kier alpha value is -2.47. The van der Waals surface area contributed by atoms with Crippen molar-refractivity contribution in [2.75, 3.05) is 32.7 Å². The summed E-state index contributed by atoms with van der Waals surface area (Å²) in [6.07, 6.45) is 1.07. The van der Waals surface area contributed by atoms with Gasteiger partial charge < -0.3 is 5.32 Å². The number of nitrogens with one attached hydrogen (secondary N) is 2. The van der Waals surface area contributed by atoms with Crippen LogP contribution in [0.2, 0.25) is 0 Å². The van der Waals surface area contributed by atoms with E-state index in [-0.39, 0.29) is 0 Å². The van der Waals surface area contributed by atoms with Crippen molar-refractivity contribution in [2.45, 2.75) is 25.6 Å². The second kappa shape index (κ2) is 7.10. The summed E-state index contributed by atoms with van der Waals surface area (Å²) >= 11 is 0. The first-order valence-corrected chi connectivity index (χ1v) is 10.8. The Morgan fingerprint density at radius 2 is 1.59 bits per heavy atom. The Balaban J connectivity index is 1.19. The highest BCUT2D eigenvalue weighted by Crippen LogP contribution is 2.46.